The van der Waals surface area contributed by atoms with Crippen LogP contribution in [-0.2, 0) is 14.3 Å². The van der Waals surface area contributed by atoms with Crippen LogP contribution >= 0.6 is 0 Å². The molecule has 0 aromatic heterocycles. The van der Waals surface area contributed by atoms with Gasteiger partial charge >= 0.3 is 5.97 Å². The van der Waals surface area contributed by atoms with E-state index in [9.17, 15) is 9.59 Å². The van der Waals surface area contributed by atoms with Crippen LogP contribution in [0.5, 0.6) is 0 Å². The number of carbonyl (C=O) groups is 2. The van der Waals surface area contributed by atoms with E-state index in [4.69, 9.17) is 9.84 Å². The van der Waals surface area contributed by atoms with Crippen molar-refractivity contribution in [1.29, 1.82) is 0 Å². The van der Waals surface area contributed by atoms with Gasteiger partial charge in [-0.3, -0.25) is 9.59 Å². The number of nitrogens with one attached hydrogen (secondary N) is 1. The lowest BCUT2D eigenvalue weighted by atomic mass is 9.69. The molecule has 1 unspecified atom stereocenters. The fraction of sp³-hybridized carbons (Fsp3) is 0.867. The summed E-state index contributed by atoms with van der Waals surface area (Å²) in [6.45, 7) is 3.20. The number of carbonyl (C=O) groups excluding carboxylic acids is 1. The first kappa shape index (κ1) is 17.0. The third-order valence-corrected chi connectivity index (χ3v) is 4.07. The Morgan fingerprint density at radius 2 is 1.90 bits per heavy atom. The summed E-state index contributed by atoms with van der Waals surface area (Å²) in [5.41, 5.74) is -0.335. The van der Waals surface area contributed by atoms with Gasteiger partial charge in [-0.05, 0) is 24.2 Å². The lowest BCUT2D eigenvalue weighted by Crippen LogP contribution is -2.37. The summed E-state index contributed by atoms with van der Waals surface area (Å²) in [5.74, 6) is -0.561. The van der Waals surface area contributed by atoms with E-state index in [1.807, 2.05) is 6.92 Å². The smallest absolute Gasteiger partial charge is 0.303 e. The number of hydrogen-bond donors (Lipinski definition) is 2. The van der Waals surface area contributed by atoms with Crippen LogP contribution in [0.1, 0.15) is 51.9 Å². The fourth-order valence-electron chi connectivity index (χ4n) is 3.07. The number of carboxylic acid groups (broad SMARTS) is 1. The first-order chi connectivity index (χ1) is 9.47. The SMILES string of the molecule is COCC(C)CNC(=O)CC1(CC(=O)O)CCCCC1. The highest BCUT2D eigenvalue weighted by atomic mass is 16.5. The van der Waals surface area contributed by atoms with Gasteiger partial charge in [-0.25, -0.2) is 0 Å². The van der Waals surface area contributed by atoms with Crippen molar-refractivity contribution in [1.82, 2.24) is 5.32 Å². The largest absolute Gasteiger partial charge is 0.481 e. The van der Waals surface area contributed by atoms with Crippen molar-refractivity contribution in [2.75, 3.05) is 20.3 Å². The summed E-state index contributed by atoms with van der Waals surface area (Å²) in [5, 5.41) is 12.0. The highest BCUT2D eigenvalue weighted by Crippen LogP contribution is 2.42. The quantitative estimate of drug-likeness (QED) is 0.717. The average molecular weight is 285 g/mol. The second kappa shape index (κ2) is 8.25. The Bertz CT molecular complexity index is 324. The summed E-state index contributed by atoms with van der Waals surface area (Å²) in [6.07, 6.45) is 5.34. The second-order valence-corrected chi connectivity index (χ2v) is 6.17. The molecule has 0 aliphatic heterocycles. The van der Waals surface area contributed by atoms with Crippen LogP contribution in [0.25, 0.3) is 0 Å². The van der Waals surface area contributed by atoms with Gasteiger partial charge in [0.25, 0.3) is 0 Å². The summed E-state index contributed by atoms with van der Waals surface area (Å²) < 4.78 is 5.03. The molecular formula is C15H27NO4. The first-order valence-electron chi connectivity index (χ1n) is 7.45. The van der Waals surface area contributed by atoms with Gasteiger partial charge in [0, 0.05) is 20.1 Å². The molecule has 0 radical (unpaired) electrons. The van der Waals surface area contributed by atoms with Crippen molar-refractivity contribution in [2.24, 2.45) is 11.3 Å². The fourth-order valence-corrected chi connectivity index (χ4v) is 3.07. The van der Waals surface area contributed by atoms with Crippen molar-refractivity contribution in [2.45, 2.75) is 51.9 Å². The average Bonchev–Trinajstić information content (AvgIpc) is 2.36. The summed E-state index contributed by atoms with van der Waals surface area (Å²) in [4.78, 5) is 23.1. The van der Waals surface area contributed by atoms with Gasteiger partial charge in [0.2, 0.25) is 5.91 Å². The summed E-state index contributed by atoms with van der Waals surface area (Å²) >= 11 is 0. The summed E-state index contributed by atoms with van der Waals surface area (Å²) in [7, 11) is 1.64. The lowest BCUT2D eigenvalue weighted by Gasteiger charge is -2.35. The molecule has 2 N–H and O–H groups in total. The van der Waals surface area contributed by atoms with Crippen LogP contribution in [0.3, 0.4) is 0 Å². The number of ether oxygens (including phenoxy) is 1. The Morgan fingerprint density at radius 1 is 1.25 bits per heavy atom. The zero-order chi connectivity index (χ0) is 15.0. The maximum atomic E-state index is 12.1. The number of carboxylic acids is 1. The van der Waals surface area contributed by atoms with E-state index in [1.54, 1.807) is 7.11 Å². The number of aliphatic carboxylic acids is 1. The predicted octanol–water partition coefficient (Wildman–Crippen LogP) is 2.20. The molecule has 0 aromatic carbocycles. The zero-order valence-electron chi connectivity index (χ0n) is 12.6. The normalized spacial score (nSPS) is 19.3. The van der Waals surface area contributed by atoms with Crippen molar-refractivity contribution >= 4 is 11.9 Å². The highest BCUT2D eigenvalue weighted by molar-refractivity contribution is 5.78. The van der Waals surface area contributed by atoms with Gasteiger partial charge < -0.3 is 15.2 Å². The topological polar surface area (TPSA) is 75.6 Å². The molecule has 0 heterocycles. The number of methoxy groups -OCH3 is 1. The van der Waals surface area contributed by atoms with Crippen molar-refractivity contribution in [3.8, 4) is 0 Å². The molecule has 1 aliphatic carbocycles. The van der Waals surface area contributed by atoms with Crippen LogP contribution in [0.4, 0.5) is 0 Å². The molecule has 1 aliphatic rings. The van der Waals surface area contributed by atoms with Gasteiger partial charge in [0.15, 0.2) is 0 Å². The Morgan fingerprint density at radius 3 is 2.45 bits per heavy atom. The van der Waals surface area contributed by atoms with E-state index >= 15 is 0 Å². The first-order valence-corrected chi connectivity index (χ1v) is 7.45. The van der Waals surface area contributed by atoms with Gasteiger partial charge in [-0.2, -0.15) is 0 Å². The van der Waals surface area contributed by atoms with Gasteiger partial charge in [0.1, 0.15) is 0 Å². The van der Waals surface area contributed by atoms with Gasteiger partial charge in [0.05, 0.1) is 13.0 Å². The minimum Gasteiger partial charge on any atom is -0.481 e. The molecule has 1 saturated carbocycles. The lowest BCUT2D eigenvalue weighted by molar-refractivity contribution is -0.141. The molecule has 0 spiro atoms. The van der Waals surface area contributed by atoms with E-state index in [0.717, 1.165) is 32.1 Å². The van der Waals surface area contributed by atoms with Crippen LogP contribution < -0.4 is 5.32 Å². The second-order valence-electron chi connectivity index (χ2n) is 6.17. The van der Waals surface area contributed by atoms with Crippen LogP contribution in [0.2, 0.25) is 0 Å². The third kappa shape index (κ3) is 5.90. The highest BCUT2D eigenvalue weighted by Gasteiger charge is 2.36. The summed E-state index contributed by atoms with van der Waals surface area (Å²) in [6, 6.07) is 0. The zero-order valence-corrected chi connectivity index (χ0v) is 12.6. The molecule has 1 fully saturated rings. The van der Waals surface area contributed by atoms with Crippen LogP contribution in [0.15, 0.2) is 0 Å². The molecule has 5 nitrogen and oxygen atoms in total. The Kier molecular flexibility index (Phi) is 6.99. The van der Waals surface area contributed by atoms with Crippen LogP contribution in [-0.4, -0.2) is 37.2 Å². The minimum absolute atomic E-state index is 0.0314. The van der Waals surface area contributed by atoms with E-state index in [1.165, 1.54) is 0 Å². The molecule has 1 amide bonds. The van der Waals surface area contributed by atoms with Crippen molar-refractivity contribution in [3.63, 3.8) is 0 Å². The monoisotopic (exact) mass is 285 g/mol. The number of hydrogen-bond acceptors (Lipinski definition) is 3. The molecular weight excluding hydrogens is 258 g/mol. The van der Waals surface area contributed by atoms with Crippen molar-refractivity contribution < 1.29 is 19.4 Å². The Balaban J connectivity index is 2.47. The number of rotatable bonds is 8. The molecule has 116 valence electrons. The van der Waals surface area contributed by atoms with E-state index in [-0.39, 0.29) is 23.7 Å². The molecule has 1 atom stereocenters. The number of amides is 1. The van der Waals surface area contributed by atoms with Gasteiger partial charge in [-0.1, -0.05) is 26.2 Å². The van der Waals surface area contributed by atoms with Crippen LogP contribution in [0, 0.1) is 11.3 Å². The Labute approximate surface area is 121 Å². The van der Waals surface area contributed by atoms with E-state index in [2.05, 4.69) is 5.32 Å². The molecule has 20 heavy (non-hydrogen) atoms. The predicted molar refractivity (Wildman–Crippen MR) is 76.4 cm³/mol. The maximum absolute atomic E-state index is 12.1. The van der Waals surface area contributed by atoms with Gasteiger partial charge in [-0.15, -0.1) is 0 Å². The molecule has 0 saturated heterocycles. The van der Waals surface area contributed by atoms with Crippen molar-refractivity contribution in [3.05, 3.63) is 0 Å². The minimum atomic E-state index is -0.799. The molecule has 0 aromatic rings. The standard InChI is InChI=1S/C15H27NO4/c1-12(11-20-2)10-16-13(17)8-15(9-14(18)19)6-4-3-5-7-15/h12H,3-11H2,1-2H3,(H,16,17)(H,18,19). The molecule has 0 bridgehead atoms. The molecule has 5 heteroatoms. The maximum Gasteiger partial charge on any atom is 0.303 e. The third-order valence-electron chi connectivity index (χ3n) is 4.07. The van der Waals surface area contributed by atoms with E-state index < -0.39 is 5.97 Å². The molecule has 1 rings (SSSR count). The van der Waals surface area contributed by atoms with E-state index in [0.29, 0.717) is 19.6 Å². The Hall–Kier alpha value is -1.10.